The molecule has 0 radical (unpaired) electrons. The third-order valence-electron chi connectivity index (χ3n) is 4.91. The van der Waals surface area contributed by atoms with Gasteiger partial charge < -0.3 is 10.0 Å². The van der Waals surface area contributed by atoms with Gasteiger partial charge in [-0.25, -0.2) is 0 Å². The summed E-state index contributed by atoms with van der Waals surface area (Å²) < 4.78 is 0. The summed E-state index contributed by atoms with van der Waals surface area (Å²) in [5.74, 6) is -1.14. The third kappa shape index (κ3) is 2.86. The number of fused-ring (bicyclic) bond motifs is 1. The Morgan fingerprint density at radius 1 is 1.23 bits per heavy atom. The minimum Gasteiger partial charge on any atom is -0.481 e. The van der Waals surface area contributed by atoms with Crippen LogP contribution in [0.4, 0.5) is 0 Å². The Morgan fingerprint density at radius 2 is 1.95 bits per heavy atom. The number of likely N-dealkylation sites (tertiary alicyclic amines) is 1. The van der Waals surface area contributed by atoms with Crippen LogP contribution >= 0.6 is 0 Å². The van der Waals surface area contributed by atoms with Crippen molar-refractivity contribution in [2.45, 2.75) is 32.4 Å². The molecule has 22 heavy (non-hydrogen) atoms. The van der Waals surface area contributed by atoms with Gasteiger partial charge >= 0.3 is 5.97 Å². The highest BCUT2D eigenvalue weighted by Gasteiger charge is 2.35. The monoisotopic (exact) mass is 302 g/mol. The van der Waals surface area contributed by atoms with Gasteiger partial charge in [-0.05, 0) is 30.9 Å². The van der Waals surface area contributed by atoms with Crippen LogP contribution in [0.25, 0.3) is 0 Å². The number of nitrogens with zero attached hydrogens (tertiary/aromatic N) is 2. The highest BCUT2D eigenvalue weighted by Crippen LogP contribution is 2.23. The molecule has 118 valence electrons. The van der Waals surface area contributed by atoms with Crippen LogP contribution in [-0.2, 0) is 22.6 Å². The Bertz CT molecular complexity index is 587. The van der Waals surface area contributed by atoms with E-state index in [9.17, 15) is 9.59 Å². The zero-order chi connectivity index (χ0) is 15.7. The Kier molecular flexibility index (Phi) is 4.16. The molecule has 5 heteroatoms. The molecule has 5 nitrogen and oxygen atoms in total. The van der Waals surface area contributed by atoms with E-state index in [2.05, 4.69) is 23.1 Å². The number of amides is 1. The van der Waals surface area contributed by atoms with Crippen LogP contribution < -0.4 is 0 Å². The molecule has 0 unspecified atom stereocenters. The molecule has 2 aliphatic rings. The standard InChI is InChI=1S/C17H22N2O3/c1-12(16(20)19-9-7-15(11-19)17(21)22)18-8-6-13-4-2-3-5-14(13)10-18/h2-5,12,15H,6-11H2,1H3,(H,21,22)/t12-,15+/m1/s1. The number of benzene rings is 1. The van der Waals surface area contributed by atoms with Gasteiger partial charge in [0, 0.05) is 26.2 Å². The lowest BCUT2D eigenvalue weighted by molar-refractivity contribution is -0.141. The maximum Gasteiger partial charge on any atom is 0.308 e. The van der Waals surface area contributed by atoms with Gasteiger partial charge in [0.2, 0.25) is 5.91 Å². The maximum atomic E-state index is 12.6. The minimum absolute atomic E-state index is 0.0585. The fourth-order valence-corrected chi connectivity index (χ4v) is 3.43. The van der Waals surface area contributed by atoms with Crippen LogP contribution in [0.3, 0.4) is 0 Å². The second-order valence-electron chi connectivity index (χ2n) is 6.27. The van der Waals surface area contributed by atoms with Crippen LogP contribution in [0.1, 0.15) is 24.5 Å². The van der Waals surface area contributed by atoms with Crippen LogP contribution in [0.2, 0.25) is 0 Å². The zero-order valence-corrected chi connectivity index (χ0v) is 12.9. The first-order valence-corrected chi connectivity index (χ1v) is 7.88. The lowest BCUT2D eigenvalue weighted by atomic mass is 9.98. The summed E-state index contributed by atoms with van der Waals surface area (Å²) in [6.45, 7) is 4.51. The van der Waals surface area contributed by atoms with E-state index < -0.39 is 11.9 Å². The fraction of sp³-hybridized carbons (Fsp3) is 0.529. The molecule has 1 fully saturated rings. The average Bonchev–Trinajstić information content (AvgIpc) is 3.03. The second-order valence-corrected chi connectivity index (χ2v) is 6.27. The van der Waals surface area contributed by atoms with Gasteiger partial charge in [0.1, 0.15) is 0 Å². The van der Waals surface area contributed by atoms with E-state index in [0.717, 1.165) is 19.5 Å². The van der Waals surface area contributed by atoms with E-state index in [1.54, 1.807) is 4.90 Å². The summed E-state index contributed by atoms with van der Waals surface area (Å²) in [6.07, 6.45) is 1.53. The summed E-state index contributed by atoms with van der Waals surface area (Å²) in [5.41, 5.74) is 2.66. The maximum absolute atomic E-state index is 12.6. The van der Waals surface area contributed by atoms with E-state index in [-0.39, 0.29) is 11.9 Å². The highest BCUT2D eigenvalue weighted by atomic mass is 16.4. The number of hydrogen-bond donors (Lipinski definition) is 1. The SMILES string of the molecule is C[C@H](C(=O)N1CC[C@H](C(=O)O)C1)N1CCc2ccccc2C1. The van der Waals surface area contributed by atoms with Crippen molar-refractivity contribution in [3.8, 4) is 0 Å². The molecule has 1 aromatic carbocycles. The lowest BCUT2D eigenvalue weighted by Crippen LogP contribution is -2.48. The van der Waals surface area contributed by atoms with E-state index in [1.807, 2.05) is 13.0 Å². The zero-order valence-electron chi connectivity index (χ0n) is 12.9. The van der Waals surface area contributed by atoms with Crippen LogP contribution in [0.15, 0.2) is 24.3 Å². The summed E-state index contributed by atoms with van der Waals surface area (Å²) in [7, 11) is 0. The van der Waals surface area contributed by atoms with Gasteiger partial charge in [-0.15, -0.1) is 0 Å². The number of aliphatic carboxylic acids is 1. The van der Waals surface area contributed by atoms with Gasteiger partial charge in [-0.2, -0.15) is 0 Å². The number of carbonyl (C=O) groups is 2. The summed E-state index contributed by atoms with van der Waals surface area (Å²) in [6, 6.07) is 8.17. The molecule has 2 atom stereocenters. The first kappa shape index (κ1) is 15.0. The molecule has 2 heterocycles. The van der Waals surface area contributed by atoms with Crippen molar-refractivity contribution in [2.24, 2.45) is 5.92 Å². The summed E-state index contributed by atoms with van der Waals surface area (Å²) in [5, 5.41) is 9.06. The Labute approximate surface area is 130 Å². The van der Waals surface area contributed by atoms with Crippen molar-refractivity contribution in [1.29, 1.82) is 0 Å². The molecule has 1 amide bonds. The van der Waals surface area contributed by atoms with E-state index in [4.69, 9.17) is 5.11 Å². The van der Waals surface area contributed by atoms with E-state index in [0.29, 0.717) is 19.5 Å². The molecule has 2 aliphatic heterocycles. The molecule has 1 N–H and O–H groups in total. The molecule has 1 aromatic rings. The van der Waals surface area contributed by atoms with Crippen molar-refractivity contribution in [1.82, 2.24) is 9.80 Å². The van der Waals surface area contributed by atoms with Gasteiger partial charge in [0.15, 0.2) is 0 Å². The predicted molar refractivity (Wildman–Crippen MR) is 82.3 cm³/mol. The molecular formula is C17H22N2O3. The van der Waals surface area contributed by atoms with Crippen molar-refractivity contribution >= 4 is 11.9 Å². The summed E-state index contributed by atoms with van der Waals surface area (Å²) in [4.78, 5) is 27.6. The molecular weight excluding hydrogens is 280 g/mol. The van der Waals surface area contributed by atoms with E-state index in [1.165, 1.54) is 11.1 Å². The van der Waals surface area contributed by atoms with Crippen LogP contribution in [0.5, 0.6) is 0 Å². The van der Waals surface area contributed by atoms with Crippen molar-refractivity contribution in [3.63, 3.8) is 0 Å². The first-order valence-electron chi connectivity index (χ1n) is 7.88. The second kappa shape index (κ2) is 6.08. The number of carboxylic acid groups (broad SMARTS) is 1. The topological polar surface area (TPSA) is 60.9 Å². The van der Waals surface area contributed by atoms with Gasteiger partial charge in [-0.3, -0.25) is 14.5 Å². The van der Waals surface area contributed by atoms with Crippen LogP contribution in [-0.4, -0.2) is 52.5 Å². The smallest absolute Gasteiger partial charge is 0.308 e. The quantitative estimate of drug-likeness (QED) is 0.916. The predicted octanol–water partition coefficient (Wildman–Crippen LogP) is 1.37. The minimum atomic E-state index is -0.796. The normalized spacial score (nSPS) is 23.1. The molecule has 0 aliphatic carbocycles. The van der Waals surface area contributed by atoms with Crippen LogP contribution in [0, 0.1) is 5.92 Å². The lowest BCUT2D eigenvalue weighted by Gasteiger charge is -2.34. The van der Waals surface area contributed by atoms with Crippen molar-refractivity contribution in [3.05, 3.63) is 35.4 Å². The molecule has 0 saturated carbocycles. The largest absolute Gasteiger partial charge is 0.481 e. The Hall–Kier alpha value is -1.88. The fourth-order valence-electron chi connectivity index (χ4n) is 3.43. The number of rotatable bonds is 3. The molecule has 3 rings (SSSR count). The van der Waals surface area contributed by atoms with Crippen molar-refractivity contribution < 1.29 is 14.7 Å². The van der Waals surface area contributed by atoms with Gasteiger partial charge in [0.25, 0.3) is 0 Å². The first-order chi connectivity index (χ1) is 10.6. The average molecular weight is 302 g/mol. The number of carbonyl (C=O) groups excluding carboxylic acids is 1. The Morgan fingerprint density at radius 3 is 2.64 bits per heavy atom. The number of carboxylic acids is 1. The molecule has 0 spiro atoms. The molecule has 0 bridgehead atoms. The van der Waals surface area contributed by atoms with Crippen molar-refractivity contribution in [2.75, 3.05) is 19.6 Å². The van der Waals surface area contributed by atoms with Gasteiger partial charge in [-0.1, -0.05) is 24.3 Å². The molecule has 1 saturated heterocycles. The molecule has 0 aromatic heterocycles. The third-order valence-corrected chi connectivity index (χ3v) is 4.91. The highest BCUT2D eigenvalue weighted by molar-refractivity contribution is 5.83. The van der Waals surface area contributed by atoms with Gasteiger partial charge in [0.05, 0.1) is 12.0 Å². The number of hydrogen-bond acceptors (Lipinski definition) is 3. The summed E-state index contributed by atoms with van der Waals surface area (Å²) >= 11 is 0. The van der Waals surface area contributed by atoms with E-state index >= 15 is 0 Å². The Balaban J connectivity index is 1.64.